The van der Waals surface area contributed by atoms with Gasteiger partial charge in [-0.2, -0.15) is 0 Å². The Morgan fingerprint density at radius 3 is 2.67 bits per heavy atom. The molecule has 0 spiro atoms. The number of anilines is 1. The minimum absolute atomic E-state index is 0.149. The second-order valence-electron chi connectivity index (χ2n) is 11.6. The number of hydrogen-bond acceptors (Lipinski definition) is 11. The zero-order valence-corrected chi connectivity index (χ0v) is 27.5. The molecule has 3 aliphatic rings. The van der Waals surface area contributed by atoms with Gasteiger partial charge in [0.1, 0.15) is 42.8 Å². The summed E-state index contributed by atoms with van der Waals surface area (Å²) in [4.78, 5) is 50.9. The molecule has 0 unspecified atom stereocenters. The largest absolute Gasteiger partial charge is 0.543 e. The van der Waals surface area contributed by atoms with Gasteiger partial charge in [-0.25, -0.2) is 14.2 Å². The minimum Gasteiger partial charge on any atom is -0.543 e. The van der Waals surface area contributed by atoms with Crippen molar-refractivity contribution in [2.75, 3.05) is 31.7 Å². The zero-order chi connectivity index (χ0) is 33.5. The number of nitrogen functional groups attached to an aromatic ring is 1. The first kappa shape index (κ1) is 31.4. The lowest BCUT2D eigenvalue weighted by Gasteiger charge is -2.50. The van der Waals surface area contributed by atoms with Crippen LogP contribution < -0.4 is 20.7 Å². The van der Waals surface area contributed by atoms with Crippen molar-refractivity contribution in [2.45, 2.75) is 37.3 Å². The Kier molecular flexibility index (Phi) is 8.38. The molecule has 0 saturated carbocycles. The fourth-order valence-electron chi connectivity index (χ4n) is 6.28. The second kappa shape index (κ2) is 12.8. The van der Waals surface area contributed by atoms with E-state index in [1.165, 1.54) is 23.8 Å². The lowest BCUT2D eigenvalue weighted by Crippen LogP contribution is -2.71. The molecule has 0 radical (unpaired) electrons. The molecular formula is C31H32N10O5S2. The smallest absolute Gasteiger partial charge is 0.307 e. The second-order valence-corrected chi connectivity index (χ2v) is 13.6. The van der Waals surface area contributed by atoms with Crippen LogP contribution in [0.4, 0.5) is 5.13 Å². The third-order valence-corrected chi connectivity index (χ3v) is 10.6. The van der Waals surface area contributed by atoms with Crippen LogP contribution in [0.1, 0.15) is 29.7 Å². The van der Waals surface area contributed by atoms with E-state index in [0.29, 0.717) is 23.7 Å². The van der Waals surface area contributed by atoms with Gasteiger partial charge in [-0.15, -0.1) is 27.6 Å². The summed E-state index contributed by atoms with van der Waals surface area (Å²) in [7, 11) is 1.28. The fraction of sp³-hybridized carbons (Fsp3) is 0.323. The molecule has 17 heteroatoms. The van der Waals surface area contributed by atoms with Crippen molar-refractivity contribution in [3.8, 4) is 0 Å². The van der Waals surface area contributed by atoms with E-state index in [-0.39, 0.29) is 28.8 Å². The van der Waals surface area contributed by atoms with Crippen LogP contribution >= 0.6 is 23.1 Å². The lowest BCUT2D eigenvalue weighted by molar-refractivity contribution is -0.661. The van der Waals surface area contributed by atoms with Crippen molar-refractivity contribution < 1.29 is 28.9 Å². The van der Waals surface area contributed by atoms with E-state index in [0.717, 1.165) is 54.0 Å². The van der Waals surface area contributed by atoms with Crippen molar-refractivity contribution in [3.63, 3.8) is 0 Å². The number of nitrogens with one attached hydrogen (secondary N) is 2. The Hall–Kier alpha value is -5.16. The summed E-state index contributed by atoms with van der Waals surface area (Å²) in [5, 5.41) is 28.5. The number of amides is 2. The Morgan fingerprint density at radius 1 is 1.21 bits per heavy atom. The quantitative estimate of drug-likeness (QED) is 0.0677. The Bertz CT molecular complexity index is 1990. The third kappa shape index (κ3) is 5.68. The monoisotopic (exact) mass is 688 g/mol. The molecule has 0 aliphatic carbocycles. The van der Waals surface area contributed by atoms with Crippen LogP contribution in [0, 0.1) is 5.41 Å². The lowest BCUT2D eigenvalue weighted by atomic mass is 10.0. The summed E-state index contributed by atoms with van der Waals surface area (Å²) < 4.78 is 5.89. The fourth-order valence-corrected chi connectivity index (χ4v) is 8.17. The van der Waals surface area contributed by atoms with E-state index in [1.807, 2.05) is 58.1 Å². The van der Waals surface area contributed by atoms with Crippen LogP contribution in [0.2, 0.25) is 0 Å². The summed E-state index contributed by atoms with van der Waals surface area (Å²) in [6, 6.07) is 9.05. The number of thioether (sulfide) groups is 1. The number of rotatable bonds is 10. The highest BCUT2D eigenvalue weighted by atomic mass is 32.2. The summed E-state index contributed by atoms with van der Waals surface area (Å²) in [5.41, 5.74) is 8.97. The molecule has 6 heterocycles. The van der Waals surface area contributed by atoms with E-state index in [1.54, 1.807) is 5.38 Å². The number of benzene rings is 1. The zero-order valence-electron chi connectivity index (χ0n) is 25.9. The van der Waals surface area contributed by atoms with Gasteiger partial charge in [-0.1, -0.05) is 29.4 Å². The number of nitrogens with two attached hydrogens (primary N) is 1. The standard InChI is InChI=1S/C31H32N10O5S2/c1-46-36-23(21-17-48-31(33)34-21)27(42)35-24-28(43)41-25(30(44)45)20(16-47-29(24)41)15-39-11-8-22-38(12-13-40(22)39)14-18-4-6-19(7-5-18)26(32)37-9-2-3-10-37/h4-8,11-13,17,24,29,32H,2-3,9-10,14-16H2,1H3,(H3-,33,34,35,42,44,45)/b32-26?,36-23-/t24-,29-/m1/s1. The van der Waals surface area contributed by atoms with E-state index in [9.17, 15) is 19.5 Å². The van der Waals surface area contributed by atoms with Gasteiger partial charge < -0.3 is 30.7 Å². The minimum atomic E-state index is -1.46. The predicted molar refractivity (Wildman–Crippen MR) is 176 cm³/mol. The highest BCUT2D eigenvalue weighted by Gasteiger charge is 2.53. The number of carboxylic acids is 1. The van der Waals surface area contributed by atoms with Gasteiger partial charge in [0.25, 0.3) is 11.8 Å². The summed E-state index contributed by atoms with van der Waals surface area (Å²) in [6.45, 7) is 2.69. The number of imidazole rings is 1. The normalized spacial score (nSPS) is 19.4. The number of aliphatic carboxylic acids is 1. The van der Waals surface area contributed by atoms with Crippen LogP contribution in [0.25, 0.3) is 5.65 Å². The van der Waals surface area contributed by atoms with E-state index < -0.39 is 29.2 Å². The number of oxime groups is 1. The molecule has 4 aromatic rings. The van der Waals surface area contributed by atoms with E-state index in [4.69, 9.17) is 16.0 Å². The number of aromatic nitrogens is 4. The molecular weight excluding hydrogens is 657 g/mol. The Balaban J connectivity index is 1.05. The predicted octanol–water partition coefficient (Wildman–Crippen LogP) is -0.00893. The highest BCUT2D eigenvalue weighted by Crippen LogP contribution is 2.40. The number of carboxylic acid groups (broad SMARTS) is 1. The Morgan fingerprint density at radius 2 is 1.98 bits per heavy atom. The first-order valence-electron chi connectivity index (χ1n) is 15.2. The molecule has 3 aromatic heterocycles. The summed E-state index contributed by atoms with van der Waals surface area (Å²) in [6.07, 6.45) is 7.98. The molecule has 0 bridgehead atoms. The van der Waals surface area contributed by atoms with E-state index >= 15 is 0 Å². The third-order valence-electron chi connectivity index (χ3n) is 8.63. The van der Waals surface area contributed by atoms with Crippen LogP contribution in [0.15, 0.2) is 70.7 Å². The van der Waals surface area contributed by atoms with Gasteiger partial charge in [0.05, 0.1) is 30.5 Å². The number of nitrogens with zero attached hydrogens (tertiary/aromatic N) is 7. The van der Waals surface area contributed by atoms with Crippen LogP contribution in [0.3, 0.4) is 0 Å². The van der Waals surface area contributed by atoms with Crippen LogP contribution in [-0.4, -0.2) is 90.7 Å². The van der Waals surface area contributed by atoms with Crippen molar-refractivity contribution >= 4 is 63.2 Å². The van der Waals surface area contributed by atoms with Crippen LogP contribution in [0.5, 0.6) is 0 Å². The molecule has 15 nitrogen and oxygen atoms in total. The summed E-state index contributed by atoms with van der Waals surface area (Å²) >= 11 is 2.48. The van der Waals surface area contributed by atoms with Crippen molar-refractivity contribution in [3.05, 3.63) is 82.4 Å². The number of carbonyl (C=O) groups is 3. The van der Waals surface area contributed by atoms with Gasteiger partial charge in [0.2, 0.25) is 0 Å². The maximum absolute atomic E-state index is 13.3. The molecule has 48 heavy (non-hydrogen) atoms. The van der Waals surface area contributed by atoms with E-state index in [2.05, 4.69) is 24.9 Å². The average molecular weight is 689 g/mol. The number of hydrogen-bond donors (Lipinski definition) is 3. The number of fused-ring (bicyclic) bond motifs is 2. The van der Waals surface area contributed by atoms with Gasteiger partial charge in [-0.3, -0.25) is 19.9 Å². The Labute approximate surface area is 282 Å². The molecule has 248 valence electrons. The van der Waals surface area contributed by atoms with Crippen LogP contribution in [-0.2, 0) is 32.3 Å². The van der Waals surface area contributed by atoms with Gasteiger partial charge >= 0.3 is 5.65 Å². The number of likely N-dealkylation sites (tertiary alicyclic amines) is 1. The molecule has 7 rings (SSSR count). The number of amidine groups is 1. The van der Waals surface area contributed by atoms with Crippen molar-refractivity contribution in [1.82, 2.24) is 29.3 Å². The van der Waals surface area contributed by atoms with Crippen molar-refractivity contribution in [1.29, 1.82) is 5.41 Å². The molecule has 1 aromatic carbocycles. The SMILES string of the molecule is CO/N=C(\C(=O)N[C@@H]1C(=O)N2C(C(=O)[O-])=C(Cn3ccc4n3cc[n+]4Cc3ccc(C(=N)N4CCCC4)cc3)CS[C@H]12)c1csc(N)n1. The van der Waals surface area contributed by atoms with Gasteiger partial charge in [0.15, 0.2) is 17.0 Å². The first-order valence-corrected chi connectivity index (χ1v) is 17.2. The van der Waals surface area contributed by atoms with Gasteiger partial charge in [-0.05, 0) is 24.0 Å². The van der Waals surface area contributed by atoms with Crippen molar-refractivity contribution in [2.24, 2.45) is 5.16 Å². The summed E-state index contributed by atoms with van der Waals surface area (Å²) in [5.74, 6) is -1.84. The topological polar surface area (TPSA) is 190 Å². The highest BCUT2D eigenvalue weighted by molar-refractivity contribution is 8.00. The van der Waals surface area contributed by atoms with Gasteiger partial charge in [0, 0.05) is 29.8 Å². The molecule has 4 N–H and O–H groups in total. The number of thiazole rings is 1. The number of carbonyl (C=O) groups excluding carboxylic acids is 3. The maximum Gasteiger partial charge on any atom is 0.307 e. The average Bonchev–Trinajstić information content (AvgIpc) is 3.90. The number of β-lactam (4-membered cyclic amide) rings is 1. The molecule has 2 atom stereocenters. The molecule has 2 amide bonds. The molecule has 2 fully saturated rings. The maximum atomic E-state index is 13.3. The first-order chi connectivity index (χ1) is 23.2. The molecule has 2 saturated heterocycles. The molecule has 3 aliphatic heterocycles.